The van der Waals surface area contributed by atoms with E-state index in [1.807, 2.05) is 64.9 Å². The number of hydrogen-bond donors (Lipinski definition) is 3. The number of fused-ring (bicyclic) bond motifs is 1. The fraction of sp³-hybridized carbons (Fsp3) is 0.385. The molecule has 0 spiro atoms. The maximum atomic E-state index is 12.7. The van der Waals surface area contributed by atoms with Crippen LogP contribution in [0.1, 0.15) is 32.9 Å². The first kappa shape index (κ1) is 27.2. The van der Waals surface area contributed by atoms with E-state index in [-0.39, 0.29) is 12.5 Å². The molecule has 1 aliphatic heterocycles. The number of nitrogens with zero attached hydrogens (tertiary/aromatic N) is 5. The number of carbonyl (C=O) groups excluding carboxylic acids is 1. The highest BCUT2D eigenvalue weighted by atomic mass is 32.2. The Morgan fingerprint density at radius 1 is 1.18 bits per heavy atom. The number of aromatic nitrogens is 5. The minimum Gasteiger partial charge on any atom is -0.325 e. The third-order valence-electron chi connectivity index (χ3n) is 6.55. The number of aromatic amines is 1. The first-order chi connectivity index (χ1) is 18.5. The molecule has 4 heterocycles. The first-order valence-electron chi connectivity index (χ1n) is 12.7. The molecule has 1 fully saturated rings. The SMILES string of the molecule is Cc1cc(Nc2nc(Sc3ccc(NC(=O)CN4CCC(S(=O)(=O)C(C)(C)C)C4)cc3)nc3cccn23)n[nH]1. The Bertz CT molecular complexity index is 1590. The average Bonchev–Trinajstić information content (AvgIpc) is 3.61. The second kappa shape index (κ2) is 10.6. The van der Waals surface area contributed by atoms with Crippen molar-refractivity contribution in [2.75, 3.05) is 30.3 Å². The summed E-state index contributed by atoms with van der Waals surface area (Å²) in [5, 5.41) is 13.4. The van der Waals surface area contributed by atoms with Gasteiger partial charge >= 0.3 is 0 Å². The van der Waals surface area contributed by atoms with Crippen LogP contribution in [-0.4, -0.2) is 73.4 Å². The van der Waals surface area contributed by atoms with Crippen LogP contribution in [0.5, 0.6) is 0 Å². The molecular weight excluding hydrogens is 536 g/mol. The number of nitrogens with one attached hydrogen (secondary N) is 3. The fourth-order valence-corrected chi connectivity index (χ4v) is 7.03. The summed E-state index contributed by atoms with van der Waals surface area (Å²) < 4.78 is 26.5. The lowest BCUT2D eigenvalue weighted by molar-refractivity contribution is -0.117. The lowest BCUT2D eigenvalue weighted by Crippen LogP contribution is -2.40. The molecule has 1 saturated heterocycles. The summed E-state index contributed by atoms with van der Waals surface area (Å²) in [7, 11) is -3.26. The predicted molar refractivity (Wildman–Crippen MR) is 152 cm³/mol. The molecule has 1 aromatic carbocycles. The van der Waals surface area contributed by atoms with Gasteiger partial charge in [0.1, 0.15) is 5.65 Å². The van der Waals surface area contributed by atoms with Gasteiger partial charge in [-0.2, -0.15) is 10.1 Å². The highest BCUT2D eigenvalue weighted by Crippen LogP contribution is 2.29. The largest absolute Gasteiger partial charge is 0.325 e. The molecule has 13 heteroatoms. The van der Waals surface area contributed by atoms with Gasteiger partial charge in [-0.05, 0) is 82.3 Å². The van der Waals surface area contributed by atoms with Crippen molar-refractivity contribution in [3.63, 3.8) is 0 Å². The summed E-state index contributed by atoms with van der Waals surface area (Å²) >= 11 is 1.41. The fourth-order valence-electron chi connectivity index (χ4n) is 4.45. The van der Waals surface area contributed by atoms with Crippen LogP contribution in [0.15, 0.2) is 58.7 Å². The van der Waals surface area contributed by atoms with Gasteiger partial charge in [-0.25, -0.2) is 13.4 Å². The minimum absolute atomic E-state index is 0.156. The van der Waals surface area contributed by atoms with Crippen LogP contribution in [0.25, 0.3) is 5.65 Å². The van der Waals surface area contributed by atoms with Crippen molar-refractivity contribution < 1.29 is 13.2 Å². The summed E-state index contributed by atoms with van der Waals surface area (Å²) in [6.07, 6.45) is 2.43. The van der Waals surface area contributed by atoms with Gasteiger partial charge in [0.05, 0.1) is 16.5 Å². The number of anilines is 3. The third kappa shape index (κ3) is 6.10. The van der Waals surface area contributed by atoms with Crippen molar-refractivity contribution in [3.05, 3.63) is 54.4 Å². The van der Waals surface area contributed by atoms with Gasteiger partial charge in [0.2, 0.25) is 11.9 Å². The van der Waals surface area contributed by atoms with Crippen molar-refractivity contribution >= 4 is 50.6 Å². The molecule has 0 bridgehead atoms. The van der Waals surface area contributed by atoms with Gasteiger partial charge in [-0.15, -0.1) is 0 Å². The second-order valence-electron chi connectivity index (χ2n) is 10.6. The topological polar surface area (TPSA) is 137 Å². The van der Waals surface area contributed by atoms with E-state index in [4.69, 9.17) is 0 Å². The number of H-pyrrole nitrogens is 1. The third-order valence-corrected chi connectivity index (χ3v) is 10.4. The highest BCUT2D eigenvalue weighted by Gasteiger charge is 2.40. The smallest absolute Gasteiger partial charge is 0.238 e. The summed E-state index contributed by atoms with van der Waals surface area (Å²) in [5.74, 6) is 1.09. The first-order valence-corrected chi connectivity index (χ1v) is 15.0. The van der Waals surface area contributed by atoms with Crippen LogP contribution in [0.4, 0.5) is 17.5 Å². The molecule has 206 valence electrons. The second-order valence-corrected chi connectivity index (χ2v) is 14.6. The molecule has 1 atom stereocenters. The van der Waals surface area contributed by atoms with E-state index >= 15 is 0 Å². The predicted octanol–water partition coefficient (Wildman–Crippen LogP) is 3.88. The quantitative estimate of drug-likeness (QED) is 0.289. The van der Waals surface area contributed by atoms with Crippen molar-refractivity contribution in [1.82, 2.24) is 29.5 Å². The molecule has 0 radical (unpaired) electrons. The standard InChI is InChI=1S/C26H32N8O3S2/c1-17-14-21(32-31-17)28-24-30-25(29-22-6-5-12-34(22)24)38-19-9-7-18(8-10-19)27-23(35)16-33-13-11-20(15-33)39(36,37)26(2,3)4/h5-10,12,14,20H,11,13,15-16H2,1-4H3,(H,27,35)(H2,28,29,30,31,32). The zero-order valence-electron chi connectivity index (χ0n) is 22.3. The number of amides is 1. The van der Waals surface area contributed by atoms with E-state index in [9.17, 15) is 13.2 Å². The maximum Gasteiger partial charge on any atom is 0.238 e. The number of benzene rings is 1. The van der Waals surface area contributed by atoms with E-state index < -0.39 is 19.8 Å². The number of hydrogen-bond acceptors (Lipinski definition) is 9. The number of carbonyl (C=O) groups is 1. The lowest BCUT2D eigenvalue weighted by Gasteiger charge is -2.24. The molecule has 1 aliphatic rings. The molecule has 0 saturated carbocycles. The normalized spacial score (nSPS) is 16.6. The van der Waals surface area contributed by atoms with E-state index in [2.05, 4.69) is 30.8 Å². The van der Waals surface area contributed by atoms with Crippen molar-refractivity contribution in [1.29, 1.82) is 0 Å². The Balaban J connectivity index is 1.19. The van der Waals surface area contributed by atoms with E-state index in [0.29, 0.717) is 42.1 Å². The summed E-state index contributed by atoms with van der Waals surface area (Å²) in [4.78, 5) is 24.8. The monoisotopic (exact) mass is 568 g/mol. The van der Waals surface area contributed by atoms with Gasteiger partial charge in [-0.3, -0.25) is 19.2 Å². The van der Waals surface area contributed by atoms with Crippen LogP contribution in [0.3, 0.4) is 0 Å². The molecule has 4 aromatic rings. The molecule has 5 rings (SSSR count). The van der Waals surface area contributed by atoms with Crippen LogP contribution >= 0.6 is 11.8 Å². The van der Waals surface area contributed by atoms with Gasteiger partial charge < -0.3 is 10.6 Å². The minimum atomic E-state index is -3.26. The molecule has 1 unspecified atom stereocenters. The molecule has 11 nitrogen and oxygen atoms in total. The number of likely N-dealkylation sites (tertiary alicyclic amines) is 1. The maximum absolute atomic E-state index is 12.7. The Morgan fingerprint density at radius 3 is 2.64 bits per heavy atom. The Kier molecular flexibility index (Phi) is 7.40. The van der Waals surface area contributed by atoms with Crippen LogP contribution in [0, 0.1) is 6.92 Å². The molecule has 39 heavy (non-hydrogen) atoms. The van der Waals surface area contributed by atoms with Gasteiger partial charge in [-0.1, -0.05) is 0 Å². The van der Waals surface area contributed by atoms with Crippen LogP contribution in [0.2, 0.25) is 0 Å². The molecule has 0 aliphatic carbocycles. The number of aryl methyl sites for hydroxylation is 1. The van der Waals surface area contributed by atoms with Crippen LogP contribution in [-0.2, 0) is 14.6 Å². The zero-order chi connectivity index (χ0) is 27.8. The Morgan fingerprint density at radius 2 is 1.95 bits per heavy atom. The van der Waals surface area contributed by atoms with E-state index in [1.54, 1.807) is 20.8 Å². The van der Waals surface area contributed by atoms with Crippen molar-refractivity contribution in [2.45, 2.75) is 54.2 Å². The Hall–Kier alpha value is -3.42. The van der Waals surface area contributed by atoms with E-state index in [1.165, 1.54) is 11.8 Å². The molecular formula is C26H32N8O3S2. The number of rotatable bonds is 8. The summed E-state index contributed by atoms with van der Waals surface area (Å²) in [6.45, 7) is 8.23. The van der Waals surface area contributed by atoms with Crippen molar-refractivity contribution in [2.24, 2.45) is 0 Å². The van der Waals surface area contributed by atoms with Gasteiger partial charge in [0, 0.05) is 41.6 Å². The lowest BCUT2D eigenvalue weighted by atomic mass is 10.3. The van der Waals surface area contributed by atoms with Gasteiger partial charge in [0.15, 0.2) is 20.8 Å². The average molecular weight is 569 g/mol. The summed E-state index contributed by atoms with van der Waals surface area (Å²) in [6, 6.07) is 13.2. The van der Waals surface area contributed by atoms with Crippen LogP contribution < -0.4 is 10.6 Å². The highest BCUT2D eigenvalue weighted by molar-refractivity contribution is 7.99. The Labute approximate surface area is 231 Å². The molecule has 1 amide bonds. The molecule has 3 N–H and O–H groups in total. The number of sulfone groups is 1. The van der Waals surface area contributed by atoms with Crippen molar-refractivity contribution in [3.8, 4) is 0 Å². The van der Waals surface area contributed by atoms with Gasteiger partial charge in [0.25, 0.3) is 0 Å². The van der Waals surface area contributed by atoms with E-state index in [0.717, 1.165) is 16.2 Å². The zero-order valence-corrected chi connectivity index (χ0v) is 23.9. The molecule has 3 aromatic heterocycles. The summed E-state index contributed by atoms with van der Waals surface area (Å²) in [5.41, 5.74) is 2.36.